The van der Waals surface area contributed by atoms with Gasteiger partial charge in [-0.15, -0.1) is 0 Å². The molecule has 4 aromatic rings. The lowest BCUT2D eigenvalue weighted by atomic mass is 10.1. The number of rotatable bonds is 5. The molecule has 0 saturated carbocycles. The fraction of sp³-hybridized carbons (Fsp3) is 0.125. The molecule has 0 spiro atoms. The Bertz CT molecular complexity index is 1290. The first-order valence-corrected chi connectivity index (χ1v) is 10.3. The largest absolute Gasteiger partial charge is 0.417 e. The maximum Gasteiger partial charge on any atom is 0.417 e. The zero-order valence-corrected chi connectivity index (χ0v) is 18.2. The van der Waals surface area contributed by atoms with Crippen molar-refractivity contribution in [3.8, 4) is 16.9 Å². The number of pyridine rings is 1. The van der Waals surface area contributed by atoms with E-state index >= 15 is 0 Å². The van der Waals surface area contributed by atoms with Crippen LogP contribution < -0.4 is 5.32 Å². The molecule has 0 unspecified atom stereocenters. The Balaban J connectivity index is 1.62. The van der Waals surface area contributed by atoms with Gasteiger partial charge in [0.1, 0.15) is 5.69 Å². The molecule has 1 amide bonds. The molecule has 0 fully saturated rings. The van der Waals surface area contributed by atoms with E-state index in [0.29, 0.717) is 17.5 Å². The van der Waals surface area contributed by atoms with Gasteiger partial charge in [-0.3, -0.25) is 9.78 Å². The fourth-order valence-corrected chi connectivity index (χ4v) is 3.42. The Morgan fingerprint density at radius 2 is 1.79 bits per heavy atom. The lowest BCUT2D eigenvalue weighted by Gasteiger charge is -2.10. The van der Waals surface area contributed by atoms with Crippen molar-refractivity contribution >= 4 is 17.5 Å². The Morgan fingerprint density at radius 3 is 2.42 bits per heavy atom. The van der Waals surface area contributed by atoms with Gasteiger partial charge in [0.25, 0.3) is 5.91 Å². The fourth-order valence-electron chi connectivity index (χ4n) is 3.19. The number of amides is 1. The van der Waals surface area contributed by atoms with Gasteiger partial charge in [0, 0.05) is 18.0 Å². The number of nitrogens with one attached hydrogen (secondary N) is 1. The number of aryl methyl sites for hydroxylation is 1. The lowest BCUT2D eigenvalue weighted by molar-refractivity contribution is -0.137. The first kappa shape index (κ1) is 22.5. The molecule has 0 aliphatic heterocycles. The highest BCUT2D eigenvalue weighted by Gasteiger charge is 2.31. The maximum absolute atomic E-state index is 13.0. The highest BCUT2D eigenvalue weighted by atomic mass is 35.5. The Morgan fingerprint density at radius 1 is 1.09 bits per heavy atom. The standard InChI is InChI=1S/C24H18ClF3N4O/c1-15-7-9-18(10-8-15)32-14-19(22(31-32)16-5-3-2-4-6-16)23(33)30-13-21-20(25)11-17(12-29-21)24(26,27)28/h2-12,14H,13H2,1H3,(H,30,33). The summed E-state index contributed by atoms with van der Waals surface area (Å²) >= 11 is 5.96. The van der Waals surface area contributed by atoms with Crippen LogP contribution in [-0.2, 0) is 12.7 Å². The molecular weight excluding hydrogens is 453 g/mol. The molecule has 1 N–H and O–H groups in total. The van der Waals surface area contributed by atoms with Crippen molar-refractivity contribution in [2.24, 2.45) is 0 Å². The van der Waals surface area contributed by atoms with Gasteiger partial charge < -0.3 is 5.32 Å². The molecule has 33 heavy (non-hydrogen) atoms. The quantitative estimate of drug-likeness (QED) is 0.398. The van der Waals surface area contributed by atoms with E-state index in [1.165, 1.54) is 0 Å². The minimum atomic E-state index is -4.55. The van der Waals surface area contributed by atoms with Gasteiger partial charge in [0.2, 0.25) is 0 Å². The van der Waals surface area contributed by atoms with Crippen molar-refractivity contribution in [2.45, 2.75) is 19.6 Å². The minimum Gasteiger partial charge on any atom is -0.346 e. The Hall–Kier alpha value is -3.65. The number of aromatic nitrogens is 3. The van der Waals surface area contributed by atoms with Gasteiger partial charge in [-0.2, -0.15) is 18.3 Å². The summed E-state index contributed by atoms with van der Waals surface area (Å²) in [6.07, 6.45) is -2.24. The molecule has 2 aromatic carbocycles. The van der Waals surface area contributed by atoms with Gasteiger partial charge in [0.05, 0.1) is 34.1 Å². The van der Waals surface area contributed by atoms with Crippen LogP contribution in [0.1, 0.15) is 27.2 Å². The van der Waals surface area contributed by atoms with Crippen LogP contribution in [0.2, 0.25) is 5.02 Å². The van der Waals surface area contributed by atoms with Crippen LogP contribution in [0.25, 0.3) is 16.9 Å². The molecule has 9 heteroatoms. The number of carbonyl (C=O) groups excluding carboxylic acids is 1. The van der Waals surface area contributed by atoms with Crippen LogP contribution in [0.4, 0.5) is 13.2 Å². The van der Waals surface area contributed by atoms with E-state index in [4.69, 9.17) is 11.6 Å². The van der Waals surface area contributed by atoms with Crippen molar-refractivity contribution in [2.75, 3.05) is 0 Å². The highest BCUT2D eigenvalue weighted by Crippen LogP contribution is 2.31. The lowest BCUT2D eigenvalue weighted by Crippen LogP contribution is -2.24. The van der Waals surface area contributed by atoms with Crippen LogP contribution in [0.5, 0.6) is 0 Å². The second kappa shape index (κ2) is 9.07. The molecule has 5 nitrogen and oxygen atoms in total. The third-order valence-corrected chi connectivity index (χ3v) is 5.29. The molecule has 2 aromatic heterocycles. The number of hydrogen-bond donors (Lipinski definition) is 1. The Kier molecular flexibility index (Phi) is 6.20. The zero-order valence-electron chi connectivity index (χ0n) is 17.4. The predicted octanol–water partition coefficient (Wildman–Crippen LogP) is 5.84. The SMILES string of the molecule is Cc1ccc(-n2cc(C(=O)NCc3ncc(C(F)(F)F)cc3Cl)c(-c3ccccc3)n2)cc1. The summed E-state index contributed by atoms with van der Waals surface area (Å²) in [4.78, 5) is 16.8. The first-order valence-electron chi connectivity index (χ1n) is 9.94. The van der Waals surface area contributed by atoms with Crippen molar-refractivity contribution in [1.29, 1.82) is 0 Å². The van der Waals surface area contributed by atoms with E-state index in [-0.39, 0.29) is 17.3 Å². The molecule has 0 atom stereocenters. The molecule has 2 heterocycles. The summed E-state index contributed by atoms with van der Waals surface area (Å²) in [6.45, 7) is 1.83. The van der Waals surface area contributed by atoms with Crippen LogP contribution >= 0.6 is 11.6 Å². The number of alkyl halides is 3. The summed E-state index contributed by atoms with van der Waals surface area (Å²) in [5.41, 5.74) is 2.58. The maximum atomic E-state index is 13.0. The number of benzene rings is 2. The van der Waals surface area contributed by atoms with Gasteiger partial charge in [-0.05, 0) is 25.1 Å². The van der Waals surface area contributed by atoms with Gasteiger partial charge in [0.15, 0.2) is 0 Å². The third-order valence-electron chi connectivity index (χ3n) is 4.97. The monoisotopic (exact) mass is 470 g/mol. The van der Waals surface area contributed by atoms with E-state index in [9.17, 15) is 18.0 Å². The second-order valence-corrected chi connectivity index (χ2v) is 7.78. The van der Waals surface area contributed by atoms with Crippen molar-refractivity contribution in [1.82, 2.24) is 20.1 Å². The van der Waals surface area contributed by atoms with Crippen LogP contribution in [0, 0.1) is 6.92 Å². The zero-order chi connectivity index (χ0) is 23.6. The first-order chi connectivity index (χ1) is 15.7. The van der Waals surface area contributed by atoms with Crippen molar-refractivity contribution in [3.05, 3.63) is 100 Å². The third kappa shape index (κ3) is 5.06. The summed E-state index contributed by atoms with van der Waals surface area (Å²) in [6, 6.07) is 17.7. The van der Waals surface area contributed by atoms with Gasteiger partial charge in [-0.25, -0.2) is 4.68 Å². The van der Waals surface area contributed by atoms with E-state index in [1.54, 1.807) is 10.9 Å². The van der Waals surface area contributed by atoms with Crippen LogP contribution in [0.15, 0.2) is 73.1 Å². The van der Waals surface area contributed by atoms with Gasteiger partial charge >= 0.3 is 6.18 Å². The van der Waals surface area contributed by atoms with E-state index in [2.05, 4.69) is 15.4 Å². The average molecular weight is 471 g/mol. The number of halogens is 4. The summed E-state index contributed by atoms with van der Waals surface area (Å²) in [7, 11) is 0. The highest BCUT2D eigenvalue weighted by molar-refractivity contribution is 6.31. The van der Waals surface area contributed by atoms with Crippen molar-refractivity contribution < 1.29 is 18.0 Å². The van der Waals surface area contributed by atoms with E-state index in [0.717, 1.165) is 22.9 Å². The molecule has 4 rings (SSSR count). The molecule has 0 aliphatic rings. The van der Waals surface area contributed by atoms with Crippen molar-refractivity contribution in [3.63, 3.8) is 0 Å². The normalized spacial score (nSPS) is 11.4. The predicted molar refractivity (Wildman–Crippen MR) is 119 cm³/mol. The average Bonchev–Trinajstić information content (AvgIpc) is 3.24. The molecule has 0 saturated heterocycles. The van der Waals surface area contributed by atoms with Crippen LogP contribution in [-0.4, -0.2) is 20.7 Å². The van der Waals surface area contributed by atoms with E-state index < -0.39 is 17.6 Å². The Labute approximate surface area is 192 Å². The smallest absolute Gasteiger partial charge is 0.346 e. The van der Waals surface area contributed by atoms with Crippen LogP contribution in [0.3, 0.4) is 0 Å². The summed E-state index contributed by atoms with van der Waals surface area (Å²) in [5, 5.41) is 7.10. The summed E-state index contributed by atoms with van der Waals surface area (Å²) in [5.74, 6) is -0.454. The molecular formula is C24H18ClF3N4O. The minimum absolute atomic E-state index is 0.130. The molecule has 168 valence electrons. The summed E-state index contributed by atoms with van der Waals surface area (Å²) < 4.78 is 40.1. The number of hydrogen-bond acceptors (Lipinski definition) is 3. The van der Waals surface area contributed by atoms with E-state index in [1.807, 2.05) is 61.5 Å². The second-order valence-electron chi connectivity index (χ2n) is 7.37. The molecule has 0 radical (unpaired) electrons. The van der Waals surface area contributed by atoms with Gasteiger partial charge in [-0.1, -0.05) is 59.6 Å². The number of nitrogens with zero attached hydrogens (tertiary/aromatic N) is 3. The number of carbonyl (C=O) groups is 1. The molecule has 0 aliphatic carbocycles. The topological polar surface area (TPSA) is 59.8 Å². The molecule has 0 bridgehead atoms.